The number of tetrazole rings is 1. The summed E-state index contributed by atoms with van der Waals surface area (Å²) in [4.78, 5) is 12.1. The first-order chi connectivity index (χ1) is 13.2. The maximum Gasteiger partial charge on any atom is 0.234 e. The highest BCUT2D eigenvalue weighted by molar-refractivity contribution is 7.99. The van der Waals surface area contributed by atoms with Crippen LogP contribution in [0.3, 0.4) is 0 Å². The van der Waals surface area contributed by atoms with Gasteiger partial charge in [0, 0.05) is 5.69 Å². The van der Waals surface area contributed by atoms with Crippen molar-refractivity contribution in [2.45, 2.75) is 11.7 Å². The summed E-state index contributed by atoms with van der Waals surface area (Å²) < 4.78 is 25.4. The molecule has 8 nitrogen and oxygen atoms in total. The Hall–Kier alpha value is -3.14. The van der Waals surface area contributed by atoms with Crippen molar-refractivity contribution in [1.29, 1.82) is 0 Å². The molecule has 1 amide bonds. The van der Waals surface area contributed by atoms with Gasteiger partial charge in [0.15, 0.2) is 11.5 Å². The number of ether oxygens (including phenoxy) is 2. The van der Waals surface area contributed by atoms with Gasteiger partial charge < -0.3 is 14.8 Å². The lowest BCUT2D eigenvalue weighted by molar-refractivity contribution is -0.113. The molecule has 1 N–H and O–H groups in total. The molecule has 3 aromatic rings. The minimum absolute atomic E-state index is 0.0953. The minimum Gasteiger partial charge on any atom is -0.454 e. The van der Waals surface area contributed by atoms with Crippen molar-refractivity contribution < 1.29 is 18.7 Å². The zero-order valence-electron chi connectivity index (χ0n) is 14.0. The van der Waals surface area contributed by atoms with Gasteiger partial charge in [-0.3, -0.25) is 4.79 Å². The molecule has 0 spiro atoms. The summed E-state index contributed by atoms with van der Waals surface area (Å²) in [5.41, 5.74) is 1.35. The van der Waals surface area contributed by atoms with Crippen molar-refractivity contribution in [3.63, 3.8) is 0 Å². The number of benzene rings is 2. The third-order valence-electron chi connectivity index (χ3n) is 3.71. The fraction of sp³-hybridized carbons (Fsp3) is 0.176. The van der Waals surface area contributed by atoms with Gasteiger partial charge in [0.1, 0.15) is 5.82 Å². The van der Waals surface area contributed by atoms with Crippen LogP contribution < -0.4 is 14.8 Å². The molecular weight excluding hydrogens is 373 g/mol. The van der Waals surface area contributed by atoms with Crippen molar-refractivity contribution in [3.05, 3.63) is 53.8 Å². The number of halogens is 1. The van der Waals surface area contributed by atoms with E-state index < -0.39 is 5.82 Å². The molecular formula is C17H14FN5O3S. The van der Waals surface area contributed by atoms with Gasteiger partial charge >= 0.3 is 0 Å². The number of nitrogens with zero attached hydrogens (tertiary/aromatic N) is 4. The summed E-state index contributed by atoms with van der Waals surface area (Å²) in [6.45, 7) is 0.642. The number of anilines is 1. The quantitative estimate of drug-likeness (QED) is 0.649. The average Bonchev–Trinajstić information content (AvgIpc) is 3.29. The Bertz CT molecular complexity index is 981. The fourth-order valence-electron chi connectivity index (χ4n) is 2.50. The molecule has 0 atom stereocenters. The Balaban J connectivity index is 1.37. The third kappa shape index (κ3) is 4.17. The molecule has 4 rings (SSSR count). The molecule has 1 aromatic heterocycles. The van der Waals surface area contributed by atoms with Gasteiger partial charge in [-0.1, -0.05) is 23.9 Å². The summed E-state index contributed by atoms with van der Waals surface area (Å²) in [6.07, 6.45) is 0. The maximum absolute atomic E-state index is 13.2. The highest BCUT2D eigenvalue weighted by Crippen LogP contribution is 2.32. The van der Waals surface area contributed by atoms with Crippen molar-refractivity contribution in [3.8, 4) is 11.5 Å². The van der Waals surface area contributed by atoms with Gasteiger partial charge in [-0.15, -0.1) is 5.10 Å². The van der Waals surface area contributed by atoms with Crippen LogP contribution in [-0.2, 0) is 11.3 Å². The first-order valence-electron chi connectivity index (χ1n) is 8.00. The molecule has 1 aliphatic heterocycles. The number of aromatic nitrogens is 4. The zero-order valence-corrected chi connectivity index (χ0v) is 14.8. The van der Waals surface area contributed by atoms with Gasteiger partial charge in [-0.25, -0.2) is 9.07 Å². The number of carbonyl (C=O) groups is 1. The number of rotatable bonds is 6. The first kappa shape index (κ1) is 17.3. The Morgan fingerprint density at radius 1 is 1.22 bits per heavy atom. The van der Waals surface area contributed by atoms with Crippen LogP contribution in [0.4, 0.5) is 10.1 Å². The second-order valence-corrected chi connectivity index (χ2v) is 6.60. The second kappa shape index (κ2) is 7.62. The molecule has 0 saturated carbocycles. The van der Waals surface area contributed by atoms with Gasteiger partial charge in [0.05, 0.1) is 12.3 Å². The lowest BCUT2D eigenvalue weighted by Crippen LogP contribution is -2.15. The van der Waals surface area contributed by atoms with E-state index >= 15 is 0 Å². The molecule has 1 aliphatic rings. The van der Waals surface area contributed by atoms with E-state index in [1.54, 1.807) is 10.7 Å². The van der Waals surface area contributed by atoms with Crippen LogP contribution in [0.5, 0.6) is 11.5 Å². The highest BCUT2D eigenvalue weighted by Gasteiger charge is 2.15. The molecule has 2 heterocycles. The van der Waals surface area contributed by atoms with Crippen LogP contribution in [0.2, 0.25) is 0 Å². The summed E-state index contributed by atoms with van der Waals surface area (Å²) >= 11 is 1.20. The van der Waals surface area contributed by atoms with E-state index in [2.05, 4.69) is 20.8 Å². The second-order valence-electron chi connectivity index (χ2n) is 5.65. The Morgan fingerprint density at radius 3 is 3.00 bits per heavy atom. The number of fused-ring (bicyclic) bond motifs is 1. The van der Waals surface area contributed by atoms with E-state index in [-0.39, 0.29) is 18.5 Å². The number of amides is 1. The van der Waals surface area contributed by atoms with Gasteiger partial charge in [0.2, 0.25) is 17.9 Å². The number of carbonyl (C=O) groups excluding carboxylic acids is 1. The Morgan fingerprint density at radius 2 is 2.11 bits per heavy atom. The van der Waals surface area contributed by atoms with E-state index in [9.17, 15) is 9.18 Å². The lowest BCUT2D eigenvalue weighted by Gasteiger charge is -2.06. The van der Waals surface area contributed by atoms with Gasteiger partial charge in [-0.05, 0) is 46.3 Å². The fourth-order valence-corrected chi connectivity index (χ4v) is 3.18. The average molecular weight is 387 g/mol. The van der Waals surface area contributed by atoms with Crippen molar-refractivity contribution in [2.24, 2.45) is 0 Å². The van der Waals surface area contributed by atoms with Crippen molar-refractivity contribution in [2.75, 3.05) is 17.9 Å². The summed E-state index contributed by atoms with van der Waals surface area (Å²) in [5.74, 6) is 0.803. The summed E-state index contributed by atoms with van der Waals surface area (Å²) in [7, 11) is 0. The van der Waals surface area contributed by atoms with Crippen LogP contribution in [0.1, 0.15) is 5.56 Å². The summed E-state index contributed by atoms with van der Waals surface area (Å²) in [6, 6.07) is 11.3. The maximum atomic E-state index is 13.2. The van der Waals surface area contributed by atoms with E-state index in [0.29, 0.717) is 28.9 Å². The molecule has 0 unspecified atom stereocenters. The standard InChI is InChI=1S/C17H14FN5O3S/c18-12-2-1-3-13(7-12)19-16(24)9-27-17-20-21-22-23(17)8-11-4-5-14-15(6-11)26-10-25-14/h1-7H,8-10H2,(H,19,24). The first-order valence-corrected chi connectivity index (χ1v) is 8.99. The molecule has 0 aliphatic carbocycles. The molecule has 2 aromatic carbocycles. The van der Waals surface area contributed by atoms with Crippen LogP contribution in [0.25, 0.3) is 0 Å². The minimum atomic E-state index is -0.409. The van der Waals surface area contributed by atoms with Crippen LogP contribution in [0.15, 0.2) is 47.6 Å². The van der Waals surface area contributed by atoms with Gasteiger partial charge in [0.25, 0.3) is 0 Å². The van der Waals surface area contributed by atoms with E-state index in [0.717, 1.165) is 5.56 Å². The molecule has 138 valence electrons. The Kier molecular flexibility index (Phi) is 4.88. The predicted octanol–water partition coefficient (Wildman–Crippen LogP) is 2.32. The van der Waals surface area contributed by atoms with Crippen LogP contribution >= 0.6 is 11.8 Å². The largest absolute Gasteiger partial charge is 0.454 e. The SMILES string of the molecule is O=C(CSc1nnnn1Cc1ccc2c(c1)OCO2)Nc1cccc(F)c1. The normalized spacial score (nSPS) is 12.2. The van der Waals surface area contributed by atoms with Crippen LogP contribution in [-0.4, -0.2) is 38.7 Å². The van der Waals surface area contributed by atoms with Crippen molar-refractivity contribution >= 4 is 23.4 Å². The monoisotopic (exact) mass is 387 g/mol. The number of hydrogen-bond acceptors (Lipinski definition) is 7. The van der Waals surface area contributed by atoms with Crippen molar-refractivity contribution in [1.82, 2.24) is 20.2 Å². The molecule has 0 saturated heterocycles. The molecule has 10 heteroatoms. The number of thioether (sulfide) groups is 1. The number of nitrogens with one attached hydrogen (secondary N) is 1. The lowest BCUT2D eigenvalue weighted by atomic mass is 10.2. The van der Waals surface area contributed by atoms with E-state index in [1.165, 1.54) is 30.0 Å². The molecule has 0 bridgehead atoms. The van der Waals surface area contributed by atoms with Gasteiger partial charge in [-0.2, -0.15) is 0 Å². The topological polar surface area (TPSA) is 91.2 Å². The molecule has 0 radical (unpaired) electrons. The molecule has 0 fully saturated rings. The van der Waals surface area contributed by atoms with E-state index in [4.69, 9.17) is 9.47 Å². The third-order valence-corrected chi connectivity index (χ3v) is 4.67. The van der Waals surface area contributed by atoms with Crippen LogP contribution in [0, 0.1) is 5.82 Å². The smallest absolute Gasteiger partial charge is 0.234 e. The molecule has 27 heavy (non-hydrogen) atoms. The zero-order chi connectivity index (χ0) is 18.6. The Labute approximate surface area is 157 Å². The highest BCUT2D eigenvalue weighted by atomic mass is 32.2. The predicted molar refractivity (Wildman–Crippen MR) is 95.2 cm³/mol. The summed E-state index contributed by atoms with van der Waals surface area (Å²) in [5, 5.41) is 14.7. The number of hydrogen-bond donors (Lipinski definition) is 1. The van der Waals surface area contributed by atoms with E-state index in [1.807, 2.05) is 18.2 Å².